The average Bonchev–Trinajstić information content (AvgIpc) is 2.58. The number of sulfone groups is 1. The first-order valence-corrected chi connectivity index (χ1v) is 8.19. The third-order valence-electron chi connectivity index (χ3n) is 3.13. The molecule has 0 spiro atoms. The molecule has 1 aliphatic rings. The minimum Gasteiger partial charge on any atom is -0.336 e. The molecule has 2 heterocycles. The molecule has 1 N–H and O–H groups in total. The lowest BCUT2D eigenvalue weighted by molar-refractivity contribution is 0.541. The van der Waals surface area contributed by atoms with Crippen LogP contribution < -0.4 is 4.90 Å². The predicted molar refractivity (Wildman–Crippen MR) is 73.3 cm³/mol. The number of aromatic nitrogens is 3. The Bertz CT molecular complexity index is 587. The molecular formula is C10H18N4O2S2. The highest BCUT2D eigenvalue weighted by Gasteiger charge is 2.31. The fourth-order valence-electron chi connectivity index (χ4n) is 2.26. The second-order valence-corrected chi connectivity index (χ2v) is 7.56. The molecule has 0 aliphatic carbocycles. The zero-order valence-corrected chi connectivity index (χ0v) is 12.4. The second kappa shape index (κ2) is 4.65. The van der Waals surface area contributed by atoms with Gasteiger partial charge < -0.3 is 4.90 Å². The molecule has 0 radical (unpaired) electrons. The number of anilines is 1. The van der Waals surface area contributed by atoms with Gasteiger partial charge in [-0.05, 0) is 33.0 Å². The van der Waals surface area contributed by atoms with Gasteiger partial charge in [0.2, 0.25) is 5.95 Å². The number of nitrogens with zero attached hydrogens (tertiary/aromatic N) is 3. The van der Waals surface area contributed by atoms with Crippen LogP contribution in [0.1, 0.15) is 26.8 Å². The van der Waals surface area contributed by atoms with Gasteiger partial charge in [0.1, 0.15) is 0 Å². The van der Waals surface area contributed by atoms with Crippen molar-refractivity contribution in [1.29, 1.82) is 0 Å². The maximum atomic E-state index is 11.6. The molecule has 102 valence electrons. The zero-order valence-electron chi connectivity index (χ0n) is 10.8. The van der Waals surface area contributed by atoms with Gasteiger partial charge in [0.25, 0.3) is 0 Å². The quantitative estimate of drug-likeness (QED) is 0.827. The summed E-state index contributed by atoms with van der Waals surface area (Å²) in [4.78, 5) is 2.01. The van der Waals surface area contributed by atoms with E-state index in [4.69, 9.17) is 12.2 Å². The number of hydrogen-bond donors (Lipinski definition) is 1. The van der Waals surface area contributed by atoms with E-state index in [1.807, 2.05) is 30.2 Å². The first-order chi connectivity index (χ1) is 8.32. The van der Waals surface area contributed by atoms with Crippen molar-refractivity contribution in [2.45, 2.75) is 32.9 Å². The molecule has 1 saturated heterocycles. The average molecular weight is 290 g/mol. The van der Waals surface area contributed by atoms with Crippen molar-refractivity contribution in [3.05, 3.63) is 4.77 Å². The first kappa shape index (κ1) is 13.5. The van der Waals surface area contributed by atoms with Crippen LogP contribution in [0.15, 0.2) is 0 Å². The lowest BCUT2D eigenvalue weighted by Gasteiger charge is -2.34. The van der Waals surface area contributed by atoms with E-state index in [1.165, 1.54) is 0 Å². The van der Waals surface area contributed by atoms with Crippen LogP contribution in [-0.4, -0.2) is 47.3 Å². The zero-order chi connectivity index (χ0) is 13.5. The highest BCUT2D eigenvalue weighted by atomic mass is 32.2. The summed E-state index contributed by atoms with van der Waals surface area (Å²) in [6.07, 6.45) is 0. The third kappa shape index (κ3) is 2.44. The molecule has 6 nitrogen and oxygen atoms in total. The Balaban J connectivity index is 2.36. The smallest absolute Gasteiger partial charge is 0.226 e. The van der Waals surface area contributed by atoms with Crippen LogP contribution in [0.4, 0.5) is 5.95 Å². The van der Waals surface area contributed by atoms with E-state index in [0.717, 1.165) is 5.95 Å². The van der Waals surface area contributed by atoms with Crippen molar-refractivity contribution in [3.8, 4) is 0 Å². The van der Waals surface area contributed by atoms with Gasteiger partial charge in [0.05, 0.1) is 11.5 Å². The van der Waals surface area contributed by atoms with Gasteiger partial charge in [-0.1, -0.05) is 0 Å². The predicted octanol–water partition coefficient (Wildman–Crippen LogP) is 1.14. The Morgan fingerprint density at radius 2 is 2.17 bits per heavy atom. The van der Waals surface area contributed by atoms with Crippen LogP contribution in [0.2, 0.25) is 0 Å². The normalized spacial score (nSPS) is 23.6. The SMILES string of the molecule is CC1CS(=O)(=O)CCN1c1n[nH]c(=S)n1C(C)C. The van der Waals surface area contributed by atoms with Gasteiger partial charge in [0.15, 0.2) is 14.6 Å². The number of rotatable bonds is 2. The molecule has 0 bridgehead atoms. The Kier molecular flexibility index (Phi) is 3.50. The number of nitrogens with one attached hydrogen (secondary N) is 1. The molecule has 1 unspecified atom stereocenters. The highest BCUT2D eigenvalue weighted by molar-refractivity contribution is 7.91. The molecule has 0 saturated carbocycles. The summed E-state index contributed by atoms with van der Waals surface area (Å²) in [6, 6.07) is 0.114. The van der Waals surface area contributed by atoms with Crippen LogP contribution in [0, 0.1) is 4.77 Å². The minimum atomic E-state index is -2.91. The first-order valence-electron chi connectivity index (χ1n) is 5.96. The standard InChI is InChI=1S/C10H18N4O2S2/c1-7(2)14-9(11-12-10(14)17)13-4-5-18(15,16)6-8(13)3/h7-8H,4-6H2,1-3H3,(H,12,17). The van der Waals surface area contributed by atoms with Crippen LogP contribution in [0.25, 0.3) is 0 Å². The molecule has 1 fully saturated rings. The van der Waals surface area contributed by atoms with Crippen molar-refractivity contribution >= 4 is 28.0 Å². The van der Waals surface area contributed by atoms with Gasteiger partial charge in [0, 0.05) is 18.6 Å². The molecule has 18 heavy (non-hydrogen) atoms. The molecule has 2 rings (SSSR count). The Morgan fingerprint density at radius 3 is 2.72 bits per heavy atom. The summed E-state index contributed by atoms with van der Waals surface area (Å²) in [7, 11) is -2.91. The number of H-pyrrole nitrogens is 1. The molecule has 1 aliphatic heterocycles. The molecule has 0 aromatic carbocycles. The van der Waals surface area contributed by atoms with Crippen molar-refractivity contribution < 1.29 is 8.42 Å². The largest absolute Gasteiger partial charge is 0.336 e. The second-order valence-electron chi connectivity index (χ2n) is 4.95. The van der Waals surface area contributed by atoms with E-state index in [9.17, 15) is 8.42 Å². The lowest BCUT2D eigenvalue weighted by atomic mass is 10.3. The minimum absolute atomic E-state index is 0.0774. The summed E-state index contributed by atoms with van der Waals surface area (Å²) in [5, 5.41) is 7.02. The van der Waals surface area contributed by atoms with Gasteiger partial charge in [-0.25, -0.2) is 13.5 Å². The van der Waals surface area contributed by atoms with E-state index in [-0.39, 0.29) is 23.6 Å². The Morgan fingerprint density at radius 1 is 1.50 bits per heavy atom. The van der Waals surface area contributed by atoms with E-state index in [1.54, 1.807) is 0 Å². The molecule has 1 atom stereocenters. The van der Waals surface area contributed by atoms with Crippen molar-refractivity contribution in [2.24, 2.45) is 0 Å². The van der Waals surface area contributed by atoms with Crippen molar-refractivity contribution in [2.75, 3.05) is 23.0 Å². The van der Waals surface area contributed by atoms with Gasteiger partial charge in [-0.3, -0.25) is 4.57 Å². The van der Waals surface area contributed by atoms with Gasteiger partial charge >= 0.3 is 0 Å². The van der Waals surface area contributed by atoms with Crippen molar-refractivity contribution in [3.63, 3.8) is 0 Å². The van der Waals surface area contributed by atoms with Crippen LogP contribution in [0.5, 0.6) is 0 Å². The van der Waals surface area contributed by atoms with Crippen LogP contribution >= 0.6 is 12.2 Å². The molecular weight excluding hydrogens is 272 g/mol. The molecule has 0 amide bonds. The van der Waals surface area contributed by atoms with Gasteiger partial charge in [-0.15, -0.1) is 5.10 Å². The van der Waals surface area contributed by atoms with Gasteiger partial charge in [-0.2, -0.15) is 0 Å². The van der Waals surface area contributed by atoms with Crippen LogP contribution in [0.3, 0.4) is 0 Å². The van der Waals surface area contributed by atoms with Crippen molar-refractivity contribution in [1.82, 2.24) is 14.8 Å². The Hall–Kier alpha value is -0.890. The number of hydrogen-bond acceptors (Lipinski definition) is 5. The maximum absolute atomic E-state index is 11.6. The monoisotopic (exact) mass is 290 g/mol. The molecule has 1 aromatic heterocycles. The molecule has 8 heteroatoms. The number of aromatic amines is 1. The summed E-state index contributed by atoms with van der Waals surface area (Å²) < 4.78 is 25.6. The lowest BCUT2D eigenvalue weighted by Crippen LogP contribution is -2.48. The van der Waals surface area contributed by atoms with E-state index in [0.29, 0.717) is 11.3 Å². The fraction of sp³-hybridized carbons (Fsp3) is 0.800. The summed E-state index contributed by atoms with van der Waals surface area (Å²) in [5.41, 5.74) is 0. The summed E-state index contributed by atoms with van der Waals surface area (Å²) >= 11 is 5.20. The van der Waals surface area contributed by atoms with E-state index < -0.39 is 9.84 Å². The maximum Gasteiger partial charge on any atom is 0.226 e. The molecule has 1 aromatic rings. The van der Waals surface area contributed by atoms with Crippen LogP contribution in [-0.2, 0) is 9.84 Å². The topological polar surface area (TPSA) is 71.0 Å². The van der Waals surface area contributed by atoms with E-state index in [2.05, 4.69) is 10.2 Å². The Labute approximate surface area is 112 Å². The fourth-order valence-corrected chi connectivity index (χ4v) is 4.15. The third-order valence-corrected chi connectivity index (χ3v) is 5.21. The summed E-state index contributed by atoms with van der Waals surface area (Å²) in [5.74, 6) is 1.08. The van der Waals surface area contributed by atoms with E-state index >= 15 is 0 Å². The summed E-state index contributed by atoms with van der Waals surface area (Å²) in [6.45, 7) is 6.43. The highest BCUT2D eigenvalue weighted by Crippen LogP contribution is 2.22.